The second kappa shape index (κ2) is 9.04. The van der Waals surface area contributed by atoms with E-state index >= 15 is 0 Å². The van der Waals surface area contributed by atoms with Gasteiger partial charge in [0.1, 0.15) is 11.4 Å². The Morgan fingerprint density at radius 2 is 1.71 bits per heavy atom. The van der Waals surface area contributed by atoms with Crippen LogP contribution in [0.2, 0.25) is 0 Å². The third-order valence-corrected chi connectivity index (χ3v) is 4.29. The Balaban J connectivity index is 1.72. The number of anilines is 3. The van der Waals surface area contributed by atoms with Gasteiger partial charge in [-0.05, 0) is 48.7 Å². The summed E-state index contributed by atoms with van der Waals surface area (Å²) < 4.78 is 5.62. The first-order valence-electron chi connectivity index (χ1n) is 9.43. The second-order valence-corrected chi connectivity index (χ2v) is 6.68. The molecule has 28 heavy (non-hydrogen) atoms. The van der Waals surface area contributed by atoms with E-state index in [1.165, 1.54) is 0 Å². The van der Waals surface area contributed by atoms with E-state index in [1.54, 1.807) is 12.3 Å². The van der Waals surface area contributed by atoms with Gasteiger partial charge in [0.15, 0.2) is 0 Å². The van der Waals surface area contributed by atoms with Crippen molar-refractivity contribution in [3.8, 4) is 5.75 Å². The lowest BCUT2D eigenvalue weighted by Gasteiger charge is -2.14. The standard InChI is InChI=1S/C23H25N3O2/c1-4-28-22-12-8-7-11-20(22)25-17-13-14-21(24-15-17)23(27)26-19-10-6-5-9-18(19)16(2)3/h5-16,25H,4H2,1-3H3,(H,26,27). The van der Waals surface area contributed by atoms with Crippen molar-refractivity contribution in [2.75, 3.05) is 17.2 Å². The summed E-state index contributed by atoms with van der Waals surface area (Å²) in [6, 6.07) is 19.1. The quantitative estimate of drug-likeness (QED) is 0.564. The zero-order valence-electron chi connectivity index (χ0n) is 16.4. The van der Waals surface area contributed by atoms with Crippen LogP contribution in [-0.4, -0.2) is 17.5 Å². The minimum atomic E-state index is -0.227. The molecule has 0 saturated heterocycles. The van der Waals surface area contributed by atoms with Gasteiger partial charge in [-0.3, -0.25) is 4.79 Å². The van der Waals surface area contributed by atoms with Crippen LogP contribution in [0, 0.1) is 0 Å². The summed E-state index contributed by atoms with van der Waals surface area (Å²) in [6.07, 6.45) is 1.64. The van der Waals surface area contributed by atoms with Gasteiger partial charge >= 0.3 is 0 Å². The molecule has 0 bridgehead atoms. The van der Waals surface area contributed by atoms with Gasteiger partial charge in [-0.1, -0.05) is 44.2 Å². The fourth-order valence-corrected chi connectivity index (χ4v) is 2.91. The van der Waals surface area contributed by atoms with Gasteiger partial charge in [-0.15, -0.1) is 0 Å². The van der Waals surface area contributed by atoms with Crippen molar-refractivity contribution in [3.63, 3.8) is 0 Å². The summed E-state index contributed by atoms with van der Waals surface area (Å²) in [5, 5.41) is 6.24. The number of nitrogens with zero attached hydrogens (tertiary/aromatic N) is 1. The van der Waals surface area contributed by atoms with Gasteiger partial charge in [0.25, 0.3) is 5.91 Å². The summed E-state index contributed by atoms with van der Waals surface area (Å²) in [4.78, 5) is 16.9. The van der Waals surface area contributed by atoms with Crippen LogP contribution >= 0.6 is 0 Å². The zero-order valence-corrected chi connectivity index (χ0v) is 16.4. The van der Waals surface area contributed by atoms with Gasteiger partial charge in [0.2, 0.25) is 0 Å². The van der Waals surface area contributed by atoms with Gasteiger partial charge < -0.3 is 15.4 Å². The Labute approximate surface area is 165 Å². The molecule has 3 rings (SSSR count). The number of hydrogen-bond acceptors (Lipinski definition) is 4. The Morgan fingerprint density at radius 1 is 1.00 bits per heavy atom. The Morgan fingerprint density at radius 3 is 2.39 bits per heavy atom. The molecule has 2 N–H and O–H groups in total. The van der Waals surface area contributed by atoms with E-state index in [0.717, 1.165) is 28.4 Å². The number of rotatable bonds is 7. The summed E-state index contributed by atoms with van der Waals surface area (Å²) in [5.74, 6) is 0.868. The number of hydrogen-bond donors (Lipinski definition) is 2. The molecule has 3 aromatic rings. The predicted octanol–water partition coefficient (Wildman–Crippen LogP) is 5.60. The topological polar surface area (TPSA) is 63.2 Å². The molecule has 5 nitrogen and oxygen atoms in total. The van der Waals surface area contributed by atoms with Crippen molar-refractivity contribution in [2.24, 2.45) is 0 Å². The smallest absolute Gasteiger partial charge is 0.274 e. The van der Waals surface area contributed by atoms with Crippen molar-refractivity contribution in [1.29, 1.82) is 0 Å². The maximum atomic E-state index is 12.6. The Kier molecular flexibility index (Phi) is 6.27. The molecule has 0 radical (unpaired) electrons. The minimum Gasteiger partial charge on any atom is -0.492 e. The largest absolute Gasteiger partial charge is 0.492 e. The summed E-state index contributed by atoms with van der Waals surface area (Å²) in [6.45, 7) is 6.74. The Bertz CT molecular complexity index is 937. The van der Waals surface area contributed by atoms with Crippen LogP contribution in [0.25, 0.3) is 0 Å². The first-order valence-corrected chi connectivity index (χ1v) is 9.43. The molecule has 144 valence electrons. The average molecular weight is 375 g/mol. The maximum Gasteiger partial charge on any atom is 0.274 e. The van der Waals surface area contributed by atoms with E-state index in [-0.39, 0.29) is 5.91 Å². The molecule has 2 aromatic carbocycles. The molecule has 5 heteroatoms. The number of ether oxygens (including phenoxy) is 1. The molecular formula is C23H25N3O2. The number of amides is 1. The third kappa shape index (κ3) is 4.68. The lowest BCUT2D eigenvalue weighted by molar-refractivity contribution is 0.102. The highest BCUT2D eigenvalue weighted by Crippen LogP contribution is 2.27. The highest BCUT2D eigenvalue weighted by atomic mass is 16.5. The van der Waals surface area contributed by atoms with Crippen LogP contribution in [0.3, 0.4) is 0 Å². The highest BCUT2D eigenvalue weighted by molar-refractivity contribution is 6.03. The van der Waals surface area contributed by atoms with Crippen LogP contribution < -0.4 is 15.4 Å². The lowest BCUT2D eigenvalue weighted by atomic mass is 10.0. The monoisotopic (exact) mass is 375 g/mol. The molecule has 1 aromatic heterocycles. The van der Waals surface area contributed by atoms with Crippen LogP contribution in [0.15, 0.2) is 66.9 Å². The zero-order chi connectivity index (χ0) is 19.9. The minimum absolute atomic E-state index is 0.227. The summed E-state index contributed by atoms with van der Waals surface area (Å²) in [7, 11) is 0. The molecule has 0 fully saturated rings. The number of carbonyl (C=O) groups excluding carboxylic acids is 1. The van der Waals surface area contributed by atoms with Crippen molar-refractivity contribution in [3.05, 3.63) is 78.1 Å². The molecule has 0 saturated carbocycles. The summed E-state index contributed by atoms with van der Waals surface area (Å²) >= 11 is 0. The predicted molar refractivity (Wildman–Crippen MR) is 114 cm³/mol. The van der Waals surface area contributed by atoms with E-state index in [1.807, 2.05) is 61.5 Å². The van der Waals surface area contributed by atoms with Crippen LogP contribution in [-0.2, 0) is 0 Å². The van der Waals surface area contributed by atoms with E-state index in [4.69, 9.17) is 4.74 Å². The highest BCUT2D eigenvalue weighted by Gasteiger charge is 2.12. The van der Waals surface area contributed by atoms with Crippen LogP contribution in [0.5, 0.6) is 5.75 Å². The molecule has 0 aliphatic carbocycles. The van der Waals surface area contributed by atoms with Crippen molar-refractivity contribution in [2.45, 2.75) is 26.7 Å². The van der Waals surface area contributed by atoms with Crippen molar-refractivity contribution in [1.82, 2.24) is 4.98 Å². The fraction of sp³-hybridized carbons (Fsp3) is 0.217. The van der Waals surface area contributed by atoms with E-state index in [9.17, 15) is 4.79 Å². The molecule has 0 unspecified atom stereocenters. The fourth-order valence-electron chi connectivity index (χ4n) is 2.91. The van der Waals surface area contributed by atoms with Gasteiger partial charge in [0, 0.05) is 5.69 Å². The number of pyridine rings is 1. The first-order chi connectivity index (χ1) is 13.6. The number of carbonyl (C=O) groups is 1. The molecular weight excluding hydrogens is 350 g/mol. The first kappa shape index (κ1) is 19.4. The van der Waals surface area contributed by atoms with E-state index in [0.29, 0.717) is 18.2 Å². The molecule has 0 aliphatic heterocycles. The average Bonchev–Trinajstić information content (AvgIpc) is 2.70. The number of para-hydroxylation sites is 3. The van der Waals surface area contributed by atoms with E-state index in [2.05, 4.69) is 29.5 Å². The molecule has 0 atom stereocenters. The SMILES string of the molecule is CCOc1ccccc1Nc1ccc(C(=O)Nc2ccccc2C(C)C)nc1. The van der Waals surface area contributed by atoms with Crippen molar-refractivity contribution < 1.29 is 9.53 Å². The lowest BCUT2D eigenvalue weighted by Crippen LogP contribution is -2.15. The molecule has 0 aliphatic rings. The van der Waals surface area contributed by atoms with Crippen LogP contribution in [0.4, 0.5) is 17.1 Å². The normalized spacial score (nSPS) is 10.6. The van der Waals surface area contributed by atoms with Gasteiger partial charge in [-0.2, -0.15) is 0 Å². The molecule has 0 spiro atoms. The number of aromatic nitrogens is 1. The maximum absolute atomic E-state index is 12.6. The molecule has 1 heterocycles. The van der Waals surface area contributed by atoms with Gasteiger partial charge in [-0.25, -0.2) is 4.98 Å². The Hall–Kier alpha value is -3.34. The second-order valence-electron chi connectivity index (χ2n) is 6.68. The third-order valence-electron chi connectivity index (χ3n) is 4.29. The number of nitrogens with one attached hydrogen (secondary N) is 2. The van der Waals surface area contributed by atoms with Crippen LogP contribution in [0.1, 0.15) is 42.7 Å². The summed E-state index contributed by atoms with van der Waals surface area (Å²) in [5.41, 5.74) is 3.92. The van der Waals surface area contributed by atoms with E-state index < -0.39 is 0 Å². The number of benzene rings is 2. The van der Waals surface area contributed by atoms with Crippen molar-refractivity contribution >= 4 is 23.0 Å². The molecule has 1 amide bonds. The van der Waals surface area contributed by atoms with Gasteiger partial charge in [0.05, 0.1) is 24.2 Å².